The van der Waals surface area contributed by atoms with Gasteiger partial charge in [-0.2, -0.15) is 5.26 Å². The Balaban J connectivity index is 1.75. The molecule has 1 aromatic rings. The fraction of sp³-hybridized carbons (Fsp3) is 0.632. The highest BCUT2D eigenvalue weighted by Gasteiger charge is 2.33. The minimum Gasteiger partial charge on any atom is -0.393 e. The van der Waals surface area contributed by atoms with Crippen molar-refractivity contribution in [3.8, 4) is 6.07 Å². The molecule has 0 spiro atoms. The molecule has 1 aliphatic heterocycles. The lowest BCUT2D eigenvalue weighted by Crippen LogP contribution is -2.36. The first-order chi connectivity index (χ1) is 11.1. The third-order valence-corrected chi connectivity index (χ3v) is 5.10. The van der Waals surface area contributed by atoms with Crippen molar-refractivity contribution in [1.82, 2.24) is 0 Å². The molecule has 1 aliphatic carbocycles. The summed E-state index contributed by atoms with van der Waals surface area (Å²) < 4.78 is 0. The van der Waals surface area contributed by atoms with E-state index in [1.54, 1.807) is 0 Å². The number of anilines is 2. The van der Waals surface area contributed by atoms with Crippen molar-refractivity contribution in [2.75, 3.05) is 23.3 Å². The fourth-order valence-electron chi connectivity index (χ4n) is 3.57. The molecule has 1 heterocycles. The van der Waals surface area contributed by atoms with E-state index in [-0.39, 0.29) is 6.10 Å². The average Bonchev–Trinajstić information content (AvgIpc) is 3.37. The molecule has 2 fully saturated rings. The molecule has 0 radical (unpaired) electrons. The van der Waals surface area contributed by atoms with Crippen LogP contribution in [0.2, 0.25) is 0 Å². The summed E-state index contributed by atoms with van der Waals surface area (Å²) in [5, 5.41) is 22.8. The number of nitrogens with zero attached hydrogens (tertiary/aromatic N) is 2. The van der Waals surface area contributed by atoms with Crippen LogP contribution < -0.4 is 10.2 Å². The van der Waals surface area contributed by atoms with Crippen LogP contribution in [0.1, 0.15) is 45.1 Å². The second-order valence-corrected chi connectivity index (χ2v) is 7.31. The number of hydrogen-bond acceptors (Lipinski definition) is 4. The summed E-state index contributed by atoms with van der Waals surface area (Å²) in [7, 11) is 0. The van der Waals surface area contributed by atoms with Crippen LogP contribution in [0.4, 0.5) is 11.4 Å². The van der Waals surface area contributed by atoms with Gasteiger partial charge in [-0.1, -0.05) is 13.8 Å². The van der Waals surface area contributed by atoms with E-state index in [0.29, 0.717) is 12.0 Å². The normalized spacial score (nSPS) is 20.4. The van der Waals surface area contributed by atoms with Crippen LogP contribution in [0.25, 0.3) is 0 Å². The first kappa shape index (κ1) is 16.1. The molecule has 0 bridgehead atoms. The Morgan fingerprint density at radius 3 is 2.48 bits per heavy atom. The SMILES string of the molecule is CC(C)C(Nc1ccc(N2CCC(O)CC2)c(C#N)c1)C1CC1. The van der Waals surface area contributed by atoms with Crippen LogP contribution >= 0.6 is 0 Å². The van der Waals surface area contributed by atoms with Gasteiger partial charge in [0.1, 0.15) is 6.07 Å². The van der Waals surface area contributed by atoms with Gasteiger partial charge >= 0.3 is 0 Å². The van der Waals surface area contributed by atoms with Gasteiger partial charge in [0.2, 0.25) is 0 Å². The number of rotatable bonds is 5. The smallest absolute Gasteiger partial charge is 0.101 e. The molecule has 1 saturated carbocycles. The zero-order valence-corrected chi connectivity index (χ0v) is 14.1. The topological polar surface area (TPSA) is 59.3 Å². The van der Waals surface area contributed by atoms with Gasteiger partial charge in [-0.15, -0.1) is 0 Å². The largest absolute Gasteiger partial charge is 0.393 e. The summed E-state index contributed by atoms with van der Waals surface area (Å²) in [6.45, 7) is 6.15. The number of hydrogen-bond donors (Lipinski definition) is 2. The monoisotopic (exact) mass is 313 g/mol. The number of aliphatic hydroxyl groups excluding tert-OH is 1. The number of benzene rings is 1. The molecule has 3 rings (SSSR count). The zero-order chi connectivity index (χ0) is 16.4. The molecule has 0 amide bonds. The molecule has 2 N–H and O–H groups in total. The molecule has 2 aliphatic rings. The van der Waals surface area contributed by atoms with E-state index in [4.69, 9.17) is 0 Å². The number of nitriles is 1. The summed E-state index contributed by atoms with van der Waals surface area (Å²) >= 11 is 0. The van der Waals surface area contributed by atoms with E-state index in [1.807, 2.05) is 6.07 Å². The predicted molar refractivity (Wildman–Crippen MR) is 93.6 cm³/mol. The van der Waals surface area contributed by atoms with Gasteiger partial charge in [0.25, 0.3) is 0 Å². The van der Waals surface area contributed by atoms with Crippen molar-refractivity contribution in [1.29, 1.82) is 5.26 Å². The van der Waals surface area contributed by atoms with E-state index in [1.165, 1.54) is 12.8 Å². The molecule has 1 atom stereocenters. The molecule has 23 heavy (non-hydrogen) atoms. The van der Waals surface area contributed by atoms with E-state index in [9.17, 15) is 10.4 Å². The van der Waals surface area contributed by atoms with Crippen LogP contribution in [0.3, 0.4) is 0 Å². The van der Waals surface area contributed by atoms with Crippen molar-refractivity contribution < 1.29 is 5.11 Å². The summed E-state index contributed by atoms with van der Waals surface area (Å²) in [4.78, 5) is 2.22. The van der Waals surface area contributed by atoms with Crippen molar-refractivity contribution in [2.24, 2.45) is 11.8 Å². The van der Waals surface area contributed by atoms with E-state index < -0.39 is 0 Å². The Morgan fingerprint density at radius 2 is 1.91 bits per heavy atom. The van der Waals surface area contributed by atoms with Gasteiger partial charge in [-0.05, 0) is 55.7 Å². The van der Waals surface area contributed by atoms with Crippen LogP contribution in [0.15, 0.2) is 18.2 Å². The molecular formula is C19H27N3O. The highest BCUT2D eigenvalue weighted by Crippen LogP contribution is 2.38. The van der Waals surface area contributed by atoms with Crippen LogP contribution in [0.5, 0.6) is 0 Å². The highest BCUT2D eigenvalue weighted by molar-refractivity contribution is 5.66. The standard InChI is InChI=1S/C19H27N3O/c1-13(2)19(14-3-4-14)21-16-5-6-18(15(11-16)12-20)22-9-7-17(23)8-10-22/h5-6,11,13-14,17,19,21,23H,3-4,7-10H2,1-2H3. The van der Waals surface area contributed by atoms with Crippen molar-refractivity contribution in [3.05, 3.63) is 23.8 Å². The van der Waals surface area contributed by atoms with Crippen LogP contribution in [-0.2, 0) is 0 Å². The molecule has 124 valence electrons. The molecule has 1 aromatic carbocycles. The Hall–Kier alpha value is -1.73. The molecule has 1 saturated heterocycles. The summed E-state index contributed by atoms with van der Waals surface area (Å²) in [5.74, 6) is 1.38. The predicted octanol–water partition coefficient (Wildman–Crippen LogP) is 3.37. The van der Waals surface area contributed by atoms with Crippen LogP contribution in [0, 0.1) is 23.2 Å². The maximum Gasteiger partial charge on any atom is 0.101 e. The fourth-order valence-corrected chi connectivity index (χ4v) is 3.57. The second kappa shape index (κ2) is 6.80. The third kappa shape index (κ3) is 3.79. The van der Waals surface area contributed by atoms with Crippen LogP contribution in [-0.4, -0.2) is 30.3 Å². The lowest BCUT2D eigenvalue weighted by atomic mass is 9.98. The maximum atomic E-state index is 9.65. The average molecular weight is 313 g/mol. The van der Waals surface area contributed by atoms with E-state index in [0.717, 1.165) is 48.8 Å². The summed E-state index contributed by atoms with van der Waals surface area (Å²) in [6.07, 6.45) is 4.00. The van der Waals surface area contributed by atoms with Crippen molar-refractivity contribution >= 4 is 11.4 Å². The van der Waals surface area contributed by atoms with E-state index in [2.05, 4.69) is 42.3 Å². The molecule has 0 aromatic heterocycles. The Labute approximate surface area is 139 Å². The van der Waals surface area contributed by atoms with Gasteiger partial charge in [0, 0.05) is 24.8 Å². The van der Waals surface area contributed by atoms with Gasteiger partial charge in [-0.25, -0.2) is 0 Å². The third-order valence-electron chi connectivity index (χ3n) is 5.10. The Kier molecular flexibility index (Phi) is 4.77. The number of piperidine rings is 1. The lowest BCUT2D eigenvalue weighted by Gasteiger charge is -2.32. The van der Waals surface area contributed by atoms with Gasteiger partial charge < -0.3 is 15.3 Å². The lowest BCUT2D eigenvalue weighted by molar-refractivity contribution is 0.145. The second-order valence-electron chi connectivity index (χ2n) is 7.31. The highest BCUT2D eigenvalue weighted by atomic mass is 16.3. The minimum atomic E-state index is -0.192. The first-order valence-corrected chi connectivity index (χ1v) is 8.82. The minimum absolute atomic E-state index is 0.192. The Morgan fingerprint density at radius 1 is 1.22 bits per heavy atom. The molecule has 1 unspecified atom stereocenters. The van der Waals surface area contributed by atoms with Gasteiger partial charge in [-0.3, -0.25) is 0 Å². The summed E-state index contributed by atoms with van der Waals surface area (Å²) in [6, 6.07) is 8.98. The molecular weight excluding hydrogens is 286 g/mol. The van der Waals surface area contributed by atoms with Crippen molar-refractivity contribution in [2.45, 2.75) is 51.7 Å². The van der Waals surface area contributed by atoms with Crippen molar-refractivity contribution in [3.63, 3.8) is 0 Å². The quantitative estimate of drug-likeness (QED) is 0.875. The number of aliphatic hydroxyl groups is 1. The number of nitrogens with one attached hydrogen (secondary N) is 1. The summed E-state index contributed by atoms with van der Waals surface area (Å²) in [5.41, 5.74) is 2.77. The van der Waals surface area contributed by atoms with Gasteiger partial charge in [0.15, 0.2) is 0 Å². The maximum absolute atomic E-state index is 9.65. The van der Waals surface area contributed by atoms with E-state index >= 15 is 0 Å². The molecule has 4 heteroatoms. The zero-order valence-electron chi connectivity index (χ0n) is 14.1. The molecule has 4 nitrogen and oxygen atoms in total. The first-order valence-electron chi connectivity index (χ1n) is 8.82. The van der Waals surface area contributed by atoms with Gasteiger partial charge in [0.05, 0.1) is 17.4 Å². The Bertz CT molecular complexity index is 579.